The second-order valence-corrected chi connectivity index (χ2v) is 9.93. The third-order valence-electron chi connectivity index (χ3n) is 7.37. The smallest absolute Gasteiger partial charge is 0.221 e. The van der Waals surface area contributed by atoms with Gasteiger partial charge < -0.3 is 15.2 Å². The predicted octanol–water partition coefficient (Wildman–Crippen LogP) is 5.63. The van der Waals surface area contributed by atoms with Gasteiger partial charge in [0.05, 0.1) is 12.7 Å². The molecule has 3 atom stereocenters. The zero-order chi connectivity index (χ0) is 24.2. The van der Waals surface area contributed by atoms with E-state index in [0.29, 0.717) is 23.2 Å². The van der Waals surface area contributed by atoms with Crippen molar-refractivity contribution in [1.29, 1.82) is 0 Å². The van der Waals surface area contributed by atoms with E-state index in [1.165, 1.54) is 11.1 Å². The van der Waals surface area contributed by atoms with E-state index in [1.54, 1.807) is 25.3 Å². The van der Waals surface area contributed by atoms with Gasteiger partial charge in [0.25, 0.3) is 0 Å². The maximum atomic E-state index is 6.69. The first kappa shape index (κ1) is 22.3. The lowest BCUT2D eigenvalue weighted by atomic mass is 9.76. The molecule has 3 aliphatic rings. The molecule has 2 heterocycles. The zero-order valence-corrected chi connectivity index (χ0v) is 20.6. The summed E-state index contributed by atoms with van der Waals surface area (Å²) in [7, 11) is 3.42. The van der Waals surface area contributed by atoms with E-state index >= 15 is 0 Å². The van der Waals surface area contributed by atoms with Gasteiger partial charge in [-0.1, -0.05) is 41.9 Å². The summed E-state index contributed by atoms with van der Waals surface area (Å²) in [6.07, 6.45) is 3.82. The minimum absolute atomic E-state index is 0.0795. The van der Waals surface area contributed by atoms with Crippen molar-refractivity contribution in [3.63, 3.8) is 0 Å². The summed E-state index contributed by atoms with van der Waals surface area (Å²) in [6, 6.07) is 20.5. The summed E-state index contributed by atoms with van der Waals surface area (Å²) in [4.78, 5) is 11.2. The van der Waals surface area contributed by atoms with Gasteiger partial charge in [0.2, 0.25) is 11.7 Å². The van der Waals surface area contributed by atoms with Crippen LogP contribution in [0.3, 0.4) is 0 Å². The fraction of sp³-hybridized carbons (Fsp3) is 0.321. The Balaban J connectivity index is 1.44. The molecule has 2 aliphatic heterocycles. The number of guanidine groups is 1. The molecule has 0 saturated carbocycles. The van der Waals surface area contributed by atoms with E-state index in [9.17, 15) is 0 Å². The number of ether oxygens (including phenoxy) is 2. The standard InChI is InChI=1S/C28H28ClN3O3/c1-32-27(30)31-28(35-32)16-26(23-9-5-7-17-6-3-4-8-22(17)23)34-25-11-10-18(14-24(25)28)19-12-20(29)15-21(13-19)33-2/h3-4,6,8,10-15,23,26H,5,7,9,16H2,1-2H3,(H2,30,31). The lowest BCUT2D eigenvalue weighted by molar-refractivity contribution is -0.192. The van der Waals surface area contributed by atoms with Crippen molar-refractivity contribution in [2.24, 2.45) is 10.7 Å². The number of hydroxylamine groups is 2. The molecular weight excluding hydrogens is 462 g/mol. The van der Waals surface area contributed by atoms with E-state index < -0.39 is 5.72 Å². The fourth-order valence-corrected chi connectivity index (χ4v) is 5.92. The topological polar surface area (TPSA) is 69.3 Å². The molecule has 0 amide bonds. The number of methoxy groups -OCH3 is 1. The van der Waals surface area contributed by atoms with Crippen LogP contribution in [0.4, 0.5) is 0 Å². The van der Waals surface area contributed by atoms with Crippen molar-refractivity contribution < 1.29 is 14.3 Å². The van der Waals surface area contributed by atoms with E-state index in [0.717, 1.165) is 41.7 Å². The quantitative estimate of drug-likeness (QED) is 0.516. The first-order chi connectivity index (χ1) is 17.0. The Labute approximate surface area is 210 Å². The summed E-state index contributed by atoms with van der Waals surface area (Å²) in [6.45, 7) is 0. The molecular formula is C28H28ClN3O3. The van der Waals surface area contributed by atoms with Gasteiger partial charge >= 0.3 is 0 Å². The van der Waals surface area contributed by atoms with Gasteiger partial charge in [-0.2, -0.15) is 0 Å². The van der Waals surface area contributed by atoms with Gasteiger partial charge in [-0.3, -0.25) is 0 Å². The molecule has 0 radical (unpaired) electrons. The third-order valence-corrected chi connectivity index (χ3v) is 7.59. The number of aliphatic imine (C=N–C) groups is 1. The van der Waals surface area contributed by atoms with E-state index in [1.807, 2.05) is 24.3 Å². The molecule has 0 bridgehead atoms. The Bertz CT molecular complexity index is 1330. The van der Waals surface area contributed by atoms with Gasteiger partial charge in [0.15, 0.2) is 0 Å². The fourth-order valence-electron chi connectivity index (χ4n) is 5.70. The Morgan fingerprint density at radius 3 is 2.77 bits per heavy atom. The molecule has 6 rings (SSSR count). The van der Waals surface area contributed by atoms with Crippen LogP contribution < -0.4 is 15.2 Å². The molecule has 1 spiro atoms. The second kappa shape index (κ2) is 8.47. The maximum Gasteiger partial charge on any atom is 0.221 e. The molecule has 180 valence electrons. The summed E-state index contributed by atoms with van der Waals surface area (Å²) < 4.78 is 12.1. The molecule has 3 aromatic rings. The van der Waals surface area contributed by atoms with Crippen molar-refractivity contribution in [3.8, 4) is 22.6 Å². The normalized spacial score (nSPS) is 25.0. The second-order valence-electron chi connectivity index (χ2n) is 9.49. The number of hydrogen-bond donors (Lipinski definition) is 1. The van der Waals surface area contributed by atoms with Crippen LogP contribution in [0, 0.1) is 0 Å². The molecule has 0 aromatic heterocycles. The number of hydrogen-bond acceptors (Lipinski definition) is 6. The third kappa shape index (κ3) is 3.81. The van der Waals surface area contributed by atoms with Gasteiger partial charge in [0.1, 0.15) is 17.6 Å². The average Bonchev–Trinajstić information content (AvgIpc) is 3.15. The number of nitrogens with zero attached hydrogens (tertiary/aromatic N) is 2. The van der Waals surface area contributed by atoms with Gasteiger partial charge in [-0.15, -0.1) is 0 Å². The predicted molar refractivity (Wildman–Crippen MR) is 137 cm³/mol. The van der Waals surface area contributed by atoms with Crippen molar-refractivity contribution in [2.75, 3.05) is 14.2 Å². The highest BCUT2D eigenvalue weighted by molar-refractivity contribution is 6.31. The highest BCUT2D eigenvalue weighted by atomic mass is 35.5. The number of fused-ring (bicyclic) bond motifs is 3. The molecule has 7 heteroatoms. The lowest BCUT2D eigenvalue weighted by Gasteiger charge is -2.41. The summed E-state index contributed by atoms with van der Waals surface area (Å²) in [5.41, 5.74) is 10.8. The summed E-state index contributed by atoms with van der Waals surface area (Å²) >= 11 is 6.35. The molecule has 35 heavy (non-hydrogen) atoms. The van der Waals surface area contributed by atoms with Crippen LogP contribution in [0.2, 0.25) is 5.02 Å². The van der Waals surface area contributed by atoms with Crippen LogP contribution in [0.1, 0.15) is 41.9 Å². The monoisotopic (exact) mass is 489 g/mol. The molecule has 6 nitrogen and oxygen atoms in total. The largest absolute Gasteiger partial charge is 0.497 e. The first-order valence-electron chi connectivity index (χ1n) is 12.0. The number of nitrogens with two attached hydrogens (primary N) is 1. The van der Waals surface area contributed by atoms with Crippen molar-refractivity contribution in [3.05, 3.63) is 82.4 Å². The number of halogens is 1. The van der Waals surface area contributed by atoms with Crippen LogP contribution in [-0.4, -0.2) is 31.3 Å². The minimum Gasteiger partial charge on any atom is -0.497 e. The van der Waals surface area contributed by atoms with Crippen LogP contribution >= 0.6 is 11.6 Å². The highest BCUT2D eigenvalue weighted by Gasteiger charge is 2.50. The molecule has 3 aromatic carbocycles. The lowest BCUT2D eigenvalue weighted by Crippen LogP contribution is -2.42. The van der Waals surface area contributed by atoms with Crippen LogP contribution in [-0.2, 0) is 17.0 Å². The first-order valence-corrected chi connectivity index (χ1v) is 12.4. The molecule has 0 fully saturated rings. The van der Waals surface area contributed by atoms with E-state index in [4.69, 9.17) is 36.6 Å². The van der Waals surface area contributed by atoms with Crippen LogP contribution in [0.15, 0.2) is 65.7 Å². The average molecular weight is 490 g/mol. The van der Waals surface area contributed by atoms with Crippen LogP contribution in [0.25, 0.3) is 11.1 Å². The van der Waals surface area contributed by atoms with Gasteiger partial charge in [-0.25, -0.2) is 14.9 Å². The van der Waals surface area contributed by atoms with E-state index in [-0.39, 0.29) is 12.0 Å². The van der Waals surface area contributed by atoms with Gasteiger partial charge in [0, 0.05) is 24.4 Å². The number of benzene rings is 3. The Morgan fingerprint density at radius 2 is 1.97 bits per heavy atom. The number of aryl methyl sites for hydroxylation is 1. The molecule has 3 unspecified atom stereocenters. The minimum atomic E-state index is -0.942. The van der Waals surface area contributed by atoms with Gasteiger partial charge in [-0.05, 0) is 71.8 Å². The summed E-state index contributed by atoms with van der Waals surface area (Å²) in [5, 5.41) is 2.16. The maximum absolute atomic E-state index is 6.69. The molecule has 0 saturated heterocycles. The zero-order valence-electron chi connectivity index (χ0n) is 19.8. The van der Waals surface area contributed by atoms with Crippen LogP contribution in [0.5, 0.6) is 11.5 Å². The number of rotatable bonds is 3. The van der Waals surface area contributed by atoms with Crippen molar-refractivity contribution in [1.82, 2.24) is 5.06 Å². The van der Waals surface area contributed by atoms with Crippen molar-refractivity contribution in [2.45, 2.75) is 43.4 Å². The SMILES string of the molecule is COc1cc(Cl)cc(-c2ccc3c(c2)C2(CC(C4CCCc5ccccc54)O3)N=C(N)N(C)O2)c1. The van der Waals surface area contributed by atoms with E-state index in [2.05, 4.69) is 30.3 Å². The molecule has 2 N–H and O–H groups in total. The Hall–Kier alpha value is -3.22. The van der Waals surface area contributed by atoms with Crippen molar-refractivity contribution >= 4 is 17.6 Å². The Morgan fingerprint density at radius 1 is 1.11 bits per heavy atom. The molecule has 1 aliphatic carbocycles. The highest BCUT2D eigenvalue weighted by Crippen LogP contribution is 2.51. The Kier molecular flexibility index (Phi) is 5.38. The summed E-state index contributed by atoms with van der Waals surface area (Å²) in [5.74, 6) is 2.10.